The molecule has 0 fully saturated rings. The second kappa shape index (κ2) is 11.1. The molecule has 2 aliphatic heterocycles. The predicted molar refractivity (Wildman–Crippen MR) is 150 cm³/mol. The molecule has 1 aromatic heterocycles. The number of ether oxygens (including phenoxy) is 2. The van der Waals surface area contributed by atoms with Gasteiger partial charge in [0.25, 0.3) is 0 Å². The zero-order chi connectivity index (χ0) is 26.6. The lowest BCUT2D eigenvalue weighted by Gasteiger charge is -2.25. The highest BCUT2D eigenvalue weighted by Crippen LogP contribution is 2.38. The standard InChI is InChI=1S/C30H34FN5O2/c1-5-7-11-35-17-20(3)18-37-29-16-26-25(15-27(29)35)30(33-19-32-26)34-22-8-9-28(21(4)13-22)38-24-10-12-36(31)23(6-2)14-24/h6,8-10,12-16,19-20H,5,7,11,17-18H2,1-4H3,(H,32,33,34). The van der Waals surface area contributed by atoms with Crippen LogP contribution in [0.25, 0.3) is 10.9 Å². The molecule has 0 saturated heterocycles. The van der Waals surface area contributed by atoms with Gasteiger partial charge in [0.2, 0.25) is 0 Å². The van der Waals surface area contributed by atoms with Gasteiger partial charge < -0.3 is 19.7 Å². The van der Waals surface area contributed by atoms with Crippen LogP contribution in [0.15, 0.2) is 72.5 Å². The molecule has 1 atom stereocenters. The number of halogens is 1. The quantitative estimate of drug-likeness (QED) is 0.334. The summed E-state index contributed by atoms with van der Waals surface area (Å²) in [6.45, 7) is 10.8. The third-order valence-corrected chi connectivity index (χ3v) is 6.76. The first-order valence-electron chi connectivity index (χ1n) is 13.2. The number of allylic oxidation sites excluding steroid dienone is 3. The van der Waals surface area contributed by atoms with Crippen LogP contribution < -0.4 is 19.7 Å². The summed E-state index contributed by atoms with van der Waals surface area (Å²) in [5, 5.41) is 4.97. The van der Waals surface area contributed by atoms with E-state index >= 15 is 0 Å². The lowest BCUT2D eigenvalue weighted by Crippen LogP contribution is -2.29. The van der Waals surface area contributed by atoms with Gasteiger partial charge in [0.1, 0.15) is 29.4 Å². The van der Waals surface area contributed by atoms with Gasteiger partial charge in [0, 0.05) is 48.4 Å². The molecular weight excluding hydrogens is 481 g/mol. The lowest BCUT2D eigenvalue weighted by atomic mass is 10.1. The van der Waals surface area contributed by atoms with Crippen molar-refractivity contribution in [3.05, 3.63) is 78.1 Å². The first-order chi connectivity index (χ1) is 18.4. The molecule has 8 heteroatoms. The van der Waals surface area contributed by atoms with Gasteiger partial charge in [-0.3, -0.25) is 0 Å². The summed E-state index contributed by atoms with van der Waals surface area (Å²) in [5.41, 5.74) is 4.18. The Labute approximate surface area is 223 Å². The van der Waals surface area contributed by atoms with Crippen LogP contribution in [-0.2, 0) is 0 Å². The van der Waals surface area contributed by atoms with E-state index in [9.17, 15) is 4.48 Å². The number of rotatable bonds is 7. The van der Waals surface area contributed by atoms with Crippen LogP contribution in [0.4, 0.5) is 21.7 Å². The maximum atomic E-state index is 13.8. The SMILES string of the molecule is CC=C1C=C(Oc2ccc(Nc3ncnc4cc5c(cc34)N(CCCC)CC(C)CO5)cc2C)C=CN1F. The average molecular weight is 516 g/mol. The number of nitrogens with zero attached hydrogens (tertiary/aromatic N) is 4. The molecule has 0 saturated carbocycles. The molecule has 2 aromatic carbocycles. The topological polar surface area (TPSA) is 62.8 Å². The molecule has 5 rings (SSSR count). The number of anilines is 3. The van der Waals surface area contributed by atoms with Crippen molar-refractivity contribution < 1.29 is 14.0 Å². The van der Waals surface area contributed by atoms with Crippen molar-refractivity contribution in [2.75, 3.05) is 29.9 Å². The van der Waals surface area contributed by atoms with Crippen LogP contribution >= 0.6 is 0 Å². The molecule has 3 aromatic rings. The number of benzene rings is 2. The van der Waals surface area contributed by atoms with E-state index in [-0.39, 0.29) is 0 Å². The number of hydrogen-bond donors (Lipinski definition) is 1. The van der Waals surface area contributed by atoms with Crippen LogP contribution in [0.5, 0.6) is 11.5 Å². The molecule has 0 spiro atoms. The molecule has 1 N–H and O–H groups in total. The summed E-state index contributed by atoms with van der Waals surface area (Å²) in [7, 11) is 0. The first-order valence-corrected chi connectivity index (χ1v) is 13.2. The number of unbranched alkanes of at least 4 members (excludes halogenated alkanes) is 1. The van der Waals surface area contributed by atoms with E-state index in [1.165, 1.54) is 6.20 Å². The van der Waals surface area contributed by atoms with Crippen LogP contribution in [0, 0.1) is 12.8 Å². The van der Waals surface area contributed by atoms with Crippen molar-refractivity contribution in [3.8, 4) is 11.5 Å². The monoisotopic (exact) mass is 515 g/mol. The maximum absolute atomic E-state index is 13.8. The number of aryl methyl sites for hydroxylation is 1. The van der Waals surface area contributed by atoms with Gasteiger partial charge >= 0.3 is 0 Å². The molecule has 1 unspecified atom stereocenters. The Balaban J connectivity index is 1.42. The summed E-state index contributed by atoms with van der Waals surface area (Å²) in [6.07, 6.45) is 10.1. The maximum Gasteiger partial charge on any atom is 0.144 e. The van der Waals surface area contributed by atoms with Gasteiger partial charge in [0.15, 0.2) is 0 Å². The normalized spacial score (nSPS) is 18.2. The van der Waals surface area contributed by atoms with E-state index in [1.807, 2.05) is 31.2 Å². The minimum atomic E-state index is 0.431. The fraction of sp³-hybridized carbons (Fsp3) is 0.333. The van der Waals surface area contributed by atoms with Gasteiger partial charge in [-0.2, -0.15) is 5.12 Å². The van der Waals surface area contributed by atoms with Crippen LogP contribution in [0.3, 0.4) is 0 Å². The molecule has 0 amide bonds. The van der Waals surface area contributed by atoms with E-state index in [2.05, 4.69) is 40.1 Å². The molecule has 0 radical (unpaired) electrons. The van der Waals surface area contributed by atoms with E-state index < -0.39 is 0 Å². The average Bonchev–Trinajstić information content (AvgIpc) is 3.07. The largest absolute Gasteiger partial charge is 0.491 e. The third-order valence-electron chi connectivity index (χ3n) is 6.76. The van der Waals surface area contributed by atoms with Crippen molar-refractivity contribution in [2.24, 2.45) is 5.92 Å². The van der Waals surface area contributed by atoms with Gasteiger partial charge in [-0.25, -0.2) is 9.97 Å². The number of hydrogen-bond acceptors (Lipinski definition) is 7. The lowest BCUT2D eigenvalue weighted by molar-refractivity contribution is 0.140. The Morgan fingerprint density at radius 1 is 1.24 bits per heavy atom. The van der Waals surface area contributed by atoms with E-state index in [1.54, 1.807) is 31.5 Å². The highest BCUT2D eigenvalue weighted by Gasteiger charge is 2.22. The van der Waals surface area contributed by atoms with Crippen molar-refractivity contribution >= 4 is 28.1 Å². The summed E-state index contributed by atoms with van der Waals surface area (Å²) in [4.78, 5) is 11.5. The summed E-state index contributed by atoms with van der Waals surface area (Å²) >= 11 is 0. The summed E-state index contributed by atoms with van der Waals surface area (Å²) in [6, 6.07) is 10.0. The van der Waals surface area contributed by atoms with Crippen molar-refractivity contribution in [2.45, 2.75) is 40.5 Å². The second-order valence-electron chi connectivity index (χ2n) is 9.87. The number of aromatic nitrogens is 2. The molecule has 2 aliphatic rings. The van der Waals surface area contributed by atoms with Crippen molar-refractivity contribution in [1.29, 1.82) is 0 Å². The van der Waals surface area contributed by atoms with Gasteiger partial charge in [-0.1, -0.05) is 30.8 Å². The molecule has 3 heterocycles. The fourth-order valence-electron chi connectivity index (χ4n) is 4.71. The Morgan fingerprint density at radius 2 is 2.11 bits per heavy atom. The summed E-state index contributed by atoms with van der Waals surface area (Å²) < 4.78 is 26.0. The summed E-state index contributed by atoms with van der Waals surface area (Å²) in [5.74, 6) is 3.32. The Bertz CT molecular complexity index is 1420. The van der Waals surface area contributed by atoms with Crippen LogP contribution in [-0.4, -0.2) is 34.8 Å². The van der Waals surface area contributed by atoms with Crippen LogP contribution in [0.2, 0.25) is 0 Å². The van der Waals surface area contributed by atoms with E-state index in [0.717, 1.165) is 65.3 Å². The number of fused-ring (bicyclic) bond motifs is 2. The molecule has 7 nitrogen and oxygen atoms in total. The molecule has 0 bridgehead atoms. The van der Waals surface area contributed by atoms with Crippen LogP contribution in [0.1, 0.15) is 39.2 Å². The smallest absolute Gasteiger partial charge is 0.144 e. The van der Waals surface area contributed by atoms with Crippen molar-refractivity contribution in [1.82, 2.24) is 15.1 Å². The van der Waals surface area contributed by atoms with E-state index in [4.69, 9.17) is 9.47 Å². The molecular formula is C30H34FN5O2. The molecule has 198 valence electrons. The van der Waals surface area contributed by atoms with Gasteiger partial charge in [-0.15, -0.1) is 0 Å². The predicted octanol–water partition coefficient (Wildman–Crippen LogP) is 7.20. The fourth-order valence-corrected chi connectivity index (χ4v) is 4.71. The Morgan fingerprint density at radius 3 is 2.89 bits per heavy atom. The zero-order valence-electron chi connectivity index (χ0n) is 22.4. The minimum Gasteiger partial charge on any atom is -0.491 e. The van der Waals surface area contributed by atoms with Gasteiger partial charge in [0.05, 0.1) is 23.5 Å². The van der Waals surface area contributed by atoms with E-state index in [0.29, 0.717) is 34.9 Å². The first kappa shape index (κ1) is 25.6. The number of nitrogens with one attached hydrogen (secondary N) is 1. The second-order valence-corrected chi connectivity index (χ2v) is 9.87. The zero-order valence-corrected chi connectivity index (χ0v) is 22.4. The van der Waals surface area contributed by atoms with Crippen molar-refractivity contribution in [3.63, 3.8) is 0 Å². The Kier molecular flexibility index (Phi) is 7.49. The molecule has 0 aliphatic carbocycles. The minimum absolute atomic E-state index is 0.431. The molecule has 38 heavy (non-hydrogen) atoms. The third kappa shape index (κ3) is 5.44. The van der Waals surface area contributed by atoms with Gasteiger partial charge in [-0.05, 0) is 56.2 Å². The highest BCUT2D eigenvalue weighted by molar-refractivity contribution is 5.95. The highest BCUT2D eigenvalue weighted by atomic mass is 19.2. The Hall–Kier alpha value is -4.07.